The number of rotatable bonds is 7. The lowest BCUT2D eigenvalue weighted by Gasteiger charge is -2.24. The number of nitrogens with zero attached hydrogens (tertiary/aromatic N) is 1. The molecule has 0 spiro atoms. The molecule has 0 radical (unpaired) electrons. The minimum atomic E-state index is -5.97. The van der Waals surface area contributed by atoms with Crippen LogP contribution < -0.4 is 5.69 Å². The lowest BCUT2D eigenvalue weighted by Crippen LogP contribution is -2.43. The van der Waals surface area contributed by atoms with Gasteiger partial charge in [0.2, 0.25) is 0 Å². The van der Waals surface area contributed by atoms with Crippen molar-refractivity contribution >= 4 is 27.9 Å². The molecule has 160 valence electrons. The first-order valence-corrected chi connectivity index (χ1v) is 10.4. The molecule has 0 amide bonds. The molecule has 1 fully saturated rings. The molecule has 0 aromatic carbocycles. The highest BCUT2D eigenvalue weighted by Gasteiger charge is 2.57. The molecule has 1 saturated heterocycles. The van der Waals surface area contributed by atoms with Crippen molar-refractivity contribution in [2.45, 2.75) is 30.9 Å². The van der Waals surface area contributed by atoms with E-state index in [9.17, 15) is 34.1 Å². The van der Waals surface area contributed by atoms with Crippen LogP contribution in [0.3, 0.4) is 0 Å². The molecule has 14 nitrogen and oxygen atoms in total. The highest BCUT2D eigenvalue weighted by molar-refractivity contribution is 7.71. The van der Waals surface area contributed by atoms with Gasteiger partial charge < -0.3 is 34.7 Å². The minimum Gasteiger partial charge on any atom is -0.392 e. The van der Waals surface area contributed by atoms with Gasteiger partial charge in [-0.25, -0.2) is 18.3 Å². The van der Waals surface area contributed by atoms with E-state index in [-0.39, 0.29) is 10.2 Å². The zero-order chi connectivity index (χ0) is 23.3. The smallest absolute Gasteiger partial charge is 0.392 e. The summed E-state index contributed by atoms with van der Waals surface area (Å²) in [4.78, 5) is 40.4. The van der Waals surface area contributed by atoms with Crippen LogP contribution in [-0.2, 0) is 29.3 Å². The number of alkyl halides is 1. The molecular formula is C10H15FN2O12P2S. The van der Waals surface area contributed by atoms with E-state index in [2.05, 4.69) is 18.6 Å². The predicted octanol–water partition coefficient (Wildman–Crippen LogP) is -1.46. The molecular weight excluding hydrogens is 453 g/mol. The third kappa shape index (κ3) is 5.18. The Bertz CT molecular complexity index is 1030. The number of aliphatic hydroxyl groups excluding tert-OH is 3. The summed E-state index contributed by atoms with van der Waals surface area (Å²) in [6, 6.07) is 0. The highest BCUT2D eigenvalue weighted by atomic mass is 32.1. The van der Waals surface area contributed by atoms with Gasteiger partial charge in [0.1, 0.15) is 23.4 Å². The summed E-state index contributed by atoms with van der Waals surface area (Å²) in [5, 5.41) is 29.2. The summed E-state index contributed by atoms with van der Waals surface area (Å²) in [6.07, 6.45) is -6.56. The number of ether oxygens (including phenoxy) is 1. The number of H-pyrrole nitrogens is 1. The largest absolute Gasteiger partial charge is 0.481 e. The van der Waals surface area contributed by atoms with Crippen molar-refractivity contribution in [3.05, 3.63) is 26.9 Å². The number of phosphoric acid groups is 2. The molecule has 1 aliphatic rings. The van der Waals surface area contributed by atoms with Gasteiger partial charge in [-0.3, -0.25) is 14.1 Å². The molecule has 7 N–H and O–H groups in total. The van der Waals surface area contributed by atoms with Gasteiger partial charge in [0.05, 0.1) is 9.35 Å². The van der Waals surface area contributed by atoms with Gasteiger partial charge >= 0.3 is 21.3 Å². The van der Waals surface area contributed by atoms with Gasteiger partial charge in [-0.05, 0) is 0 Å². The fourth-order valence-corrected chi connectivity index (χ4v) is 3.75. The number of aliphatic hydroxyl groups is 3. The van der Waals surface area contributed by atoms with Gasteiger partial charge in [-0.2, -0.15) is 4.31 Å². The lowest BCUT2D eigenvalue weighted by atomic mass is 10.1. The van der Waals surface area contributed by atoms with Gasteiger partial charge in [0.25, 0.3) is 5.85 Å². The van der Waals surface area contributed by atoms with Crippen molar-refractivity contribution in [1.29, 1.82) is 0 Å². The van der Waals surface area contributed by atoms with Gasteiger partial charge in [0.15, 0.2) is 6.23 Å². The van der Waals surface area contributed by atoms with Crippen LogP contribution in [-0.4, -0.2) is 64.2 Å². The average Bonchev–Trinajstić information content (AvgIpc) is 2.77. The Morgan fingerprint density at radius 1 is 1.43 bits per heavy atom. The second kappa shape index (κ2) is 8.10. The Hall–Kier alpha value is -0.870. The number of aromatic nitrogens is 2. The lowest BCUT2D eigenvalue weighted by molar-refractivity contribution is -0.205. The third-order valence-corrected chi connectivity index (χ3v) is 5.65. The molecule has 1 aliphatic heterocycles. The zero-order valence-electron chi connectivity index (χ0n) is 15.3. The van der Waals surface area contributed by atoms with Crippen LogP contribution in [0.2, 0.25) is 0 Å². The number of phosphoric ester groups is 1. The van der Waals surface area contributed by atoms with Crippen LogP contribution in [0, 0.1) is 4.64 Å². The monoisotopic (exact) mass is 470 g/mol. The van der Waals surface area contributed by atoms with E-state index in [1.807, 2.05) is 0 Å². The summed E-state index contributed by atoms with van der Waals surface area (Å²) >= 11 is 4.76. The van der Waals surface area contributed by atoms with Gasteiger partial charge in [-0.15, -0.1) is 0 Å². The van der Waals surface area contributed by atoms with E-state index in [1.54, 1.807) is 0 Å². The maximum absolute atomic E-state index is 15.2. The summed E-state index contributed by atoms with van der Waals surface area (Å²) < 4.78 is 64.4. The molecule has 1 aromatic heterocycles. The molecule has 18 heteroatoms. The normalized spacial score (nSPS) is 31.9. The second-order valence-corrected chi connectivity index (χ2v) is 8.46. The van der Waals surface area contributed by atoms with E-state index in [4.69, 9.17) is 24.7 Å². The number of hydrogen-bond acceptors (Lipinski definition) is 10. The Morgan fingerprint density at radius 2 is 2.04 bits per heavy atom. The first kappa shape index (κ1) is 20.4. The van der Waals surface area contributed by atoms with E-state index in [0.29, 0.717) is 4.57 Å². The van der Waals surface area contributed by atoms with Crippen molar-refractivity contribution in [1.82, 2.24) is 9.55 Å². The summed E-state index contributed by atoms with van der Waals surface area (Å²) in [5.41, 5.74) is -1.22. The topological polar surface area (TPSA) is 221 Å². The SMILES string of the molecule is [2H]C([2H])(OP(=O)(O)OP(=O)(O)O)[C@@]1(F)O[C@@H](n2cc(CO)c(=S)[nH]c2=O)[C@H](O)[C@@H]1O. The van der Waals surface area contributed by atoms with E-state index in [1.165, 1.54) is 0 Å². The van der Waals surface area contributed by atoms with E-state index in [0.717, 1.165) is 6.20 Å². The standard InChI is InChI=1S/C10H15FN2O12P2S/c11-10(3-23-27(21,22)25-26(18,19)20)6(16)5(15)8(24-10)13-1-4(2-14)7(28)12-9(13)17/h1,5-6,8,14-16H,2-3H2,(H,21,22)(H,12,17,28)(H2,18,19,20)/t5-,6+,8-,10-/m1/s1/i3D2. The summed E-state index contributed by atoms with van der Waals surface area (Å²) in [7, 11) is -11.7. The molecule has 2 rings (SSSR count). The second-order valence-electron chi connectivity index (χ2n) is 5.30. The van der Waals surface area contributed by atoms with Crippen molar-refractivity contribution in [2.75, 3.05) is 6.56 Å². The quantitative estimate of drug-likeness (QED) is 0.179. The van der Waals surface area contributed by atoms with Crippen molar-refractivity contribution in [3.63, 3.8) is 0 Å². The average molecular weight is 470 g/mol. The fourth-order valence-electron chi connectivity index (χ4n) is 2.10. The highest BCUT2D eigenvalue weighted by Crippen LogP contribution is 2.58. The van der Waals surface area contributed by atoms with E-state index < -0.39 is 58.8 Å². The van der Waals surface area contributed by atoms with Crippen LogP contribution in [0.4, 0.5) is 4.39 Å². The maximum atomic E-state index is 15.2. The molecule has 5 atom stereocenters. The molecule has 1 aromatic rings. The van der Waals surface area contributed by atoms with Gasteiger partial charge in [-0.1, -0.05) is 12.2 Å². The minimum absolute atomic E-state index is 0.0968. The summed E-state index contributed by atoms with van der Waals surface area (Å²) in [5.74, 6) is -4.15. The number of aromatic amines is 1. The van der Waals surface area contributed by atoms with Crippen molar-refractivity contribution in [2.24, 2.45) is 0 Å². The fraction of sp³-hybridized carbons (Fsp3) is 0.600. The Labute approximate surface area is 162 Å². The molecule has 0 aliphatic carbocycles. The molecule has 0 bridgehead atoms. The maximum Gasteiger partial charge on any atom is 0.481 e. The molecule has 1 unspecified atom stereocenters. The van der Waals surface area contributed by atoms with E-state index >= 15 is 4.39 Å². The number of nitrogens with one attached hydrogen (secondary N) is 1. The van der Waals surface area contributed by atoms with Gasteiger partial charge in [0, 0.05) is 11.8 Å². The Morgan fingerprint density at radius 3 is 2.57 bits per heavy atom. The van der Waals surface area contributed by atoms with Crippen LogP contribution in [0.25, 0.3) is 0 Å². The predicted molar refractivity (Wildman–Crippen MR) is 86.7 cm³/mol. The Kier molecular flexibility index (Phi) is 5.90. The summed E-state index contributed by atoms with van der Waals surface area (Å²) in [6.45, 7) is -4.87. The molecule has 0 saturated carbocycles. The first-order chi connectivity index (χ1) is 13.4. The van der Waals surface area contributed by atoms with Crippen LogP contribution in [0.1, 0.15) is 14.5 Å². The number of halogens is 1. The number of hydrogen-bond donors (Lipinski definition) is 7. The molecule has 28 heavy (non-hydrogen) atoms. The third-order valence-electron chi connectivity index (χ3n) is 3.28. The first-order valence-electron chi connectivity index (χ1n) is 7.92. The van der Waals surface area contributed by atoms with Crippen LogP contribution >= 0.6 is 27.9 Å². The van der Waals surface area contributed by atoms with Crippen LogP contribution in [0.5, 0.6) is 0 Å². The zero-order valence-corrected chi connectivity index (χ0v) is 15.9. The molecule has 2 heterocycles. The van der Waals surface area contributed by atoms with Crippen molar-refractivity contribution in [3.8, 4) is 0 Å². The Balaban J connectivity index is 2.43. The van der Waals surface area contributed by atoms with Crippen LogP contribution in [0.15, 0.2) is 11.0 Å². The van der Waals surface area contributed by atoms with Crippen molar-refractivity contribution < 1.29 is 59.8 Å².